The molecule has 218 valence electrons. The molecule has 0 saturated carbocycles. The van der Waals surface area contributed by atoms with Crippen molar-refractivity contribution in [2.75, 3.05) is 39.3 Å². The van der Waals surface area contributed by atoms with E-state index in [1.54, 1.807) is 54.6 Å². The first-order valence-corrected chi connectivity index (χ1v) is 14.1. The van der Waals surface area contributed by atoms with Crippen LogP contribution in [0.3, 0.4) is 0 Å². The van der Waals surface area contributed by atoms with Crippen molar-refractivity contribution >= 4 is 5.97 Å². The minimum absolute atomic E-state index is 0.285. The van der Waals surface area contributed by atoms with Gasteiger partial charge < -0.3 is 14.7 Å². The predicted molar refractivity (Wildman–Crippen MR) is 161 cm³/mol. The van der Waals surface area contributed by atoms with E-state index in [9.17, 15) is 13.6 Å². The number of benzene rings is 4. The Morgan fingerprint density at radius 2 is 1.29 bits per heavy atom. The van der Waals surface area contributed by atoms with Crippen molar-refractivity contribution in [3.8, 4) is 0 Å². The first-order chi connectivity index (χ1) is 20.5. The summed E-state index contributed by atoms with van der Waals surface area (Å²) < 4.78 is 33.0. The maximum Gasteiger partial charge on any atom is 0.335 e. The Kier molecular flexibility index (Phi) is 11.8. The molecule has 5 rings (SSSR count). The second-order valence-electron chi connectivity index (χ2n) is 9.98. The predicted octanol–water partition coefficient (Wildman–Crippen LogP) is 6.83. The lowest BCUT2D eigenvalue weighted by molar-refractivity contribution is 0.0502. The van der Waals surface area contributed by atoms with Crippen molar-refractivity contribution in [1.29, 1.82) is 0 Å². The van der Waals surface area contributed by atoms with E-state index in [2.05, 4.69) is 46.3 Å². The summed E-state index contributed by atoms with van der Waals surface area (Å²) in [5.41, 5.74) is 3.37. The smallest absolute Gasteiger partial charge is 0.335 e. The molecule has 1 aliphatic rings. The summed E-state index contributed by atoms with van der Waals surface area (Å²) in [4.78, 5) is 15.0. The van der Waals surface area contributed by atoms with Gasteiger partial charge in [0.1, 0.15) is 17.7 Å². The Morgan fingerprint density at radius 1 is 0.762 bits per heavy atom. The fraction of sp³-hybridized carbons (Fsp3) is 0.229. The number of hydrogen-bond donors (Lipinski definition) is 1. The maximum absolute atomic E-state index is 13.4. The average molecular weight is 571 g/mol. The van der Waals surface area contributed by atoms with Crippen LogP contribution in [0.2, 0.25) is 0 Å². The normalized spacial score (nSPS) is 13.6. The number of carboxylic acids is 1. The summed E-state index contributed by atoms with van der Waals surface area (Å²) in [7, 11) is 0. The van der Waals surface area contributed by atoms with Crippen LogP contribution in [-0.2, 0) is 11.2 Å². The maximum atomic E-state index is 13.4. The number of piperazine rings is 1. The summed E-state index contributed by atoms with van der Waals surface area (Å²) >= 11 is 0. The highest BCUT2D eigenvalue weighted by Gasteiger charge is 2.18. The molecule has 4 aromatic carbocycles. The molecule has 5 nitrogen and oxygen atoms in total. The number of halogens is 2. The first-order valence-electron chi connectivity index (χ1n) is 14.1. The van der Waals surface area contributed by atoms with Gasteiger partial charge in [0.25, 0.3) is 0 Å². The molecule has 0 aromatic heterocycles. The van der Waals surface area contributed by atoms with Gasteiger partial charge in [-0.15, -0.1) is 0 Å². The summed E-state index contributed by atoms with van der Waals surface area (Å²) in [6, 6.07) is 31.4. The van der Waals surface area contributed by atoms with Crippen molar-refractivity contribution in [1.82, 2.24) is 9.80 Å². The van der Waals surface area contributed by atoms with E-state index in [1.165, 1.54) is 29.8 Å². The number of rotatable bonds is 10. The average Bonchev–Trinajstić information content (AvgIpc) is 3.02. The monoisotopic (exact) mass is 570 g/mol. The molecule has 0 amide bonds. The van der Waals surface area contributed by atoms with Crippen LogP contribution in [0.4, 0.5) is 8.78 Å². The van der Waals surface area contributed by atoms with E-state index in [0.717, 1.165) is 50.3 Å². The lowest BCUT2D eigenvalue weighted by Crippen LogP contribution is -2.45. The third-order valence-corrected chi connectivity index (χ3v) is 6.98. The lowest BCUT2D eigenvalue weighted by atomic mass is 10.0. The molecule has 1 fully saturated rings. The number of ether oxygens (including phenoxy) is 1. The highest BCUT2D eigenvalue weighted by molar-refractivity contribution is 5.87. The van der Waals surface area contributed by atoms with Gasteiger partial charge in [0.05, 0.1) is 12.2 Å². The number of nitrogens with zero attached hydrogens (tertiary/aromatic N) is 2. The van der Waals surface area contributed by atoms with Gasteiger partial charge in [0.15, 0.2) is 0 Å². The van der Waals surface area contributed by atoms with Crippen molar-refractivity contribution in [3.05, 3.63) is 155 Å². The third-order valence-electron chi connectivity index (χ3n) is 6.98. The second kappa shape index (κ2) is 16.2. The molecule has 0 atom stereocenters. The number of carboxylic acid groups (broad SMARTS) is 1. The van der Waals surface area contributed by atoms with Gasteiger partial charge in [0, 0.05) is 32.7 Å². The molecular weight excluding hydrogens is 534 g/mol. The minimum atomic E-state index is -0.879. The van der Waals surface area contributed by atoms with Gasteiger partial charge in [0.2, 0.25) is 0 Å². The van der Waals surface area contributed by atoms with E-state index in [1.807, 2.05) is 6.07 Å². The molecule has 0 spiro atoms. The largest absolute Gasteiger partial charge is 0.478 e. The molecule has 1 saturated heterocycles. The van der Waals surface area contributed by atoms with Crippen LogP contribution in [0.1, 0.15) is 33.2 Å². The van der Waals surface area contributed by atoms with E-state index >= 15 is 0 Å². The van der Waals surface area contributed by atoms with Crippen molar-refractivity contribution in [3.63, 3.8) is 0 Å². The number of carbonyl (C=O) groups is 1. The Labute approximate surface area is 246 Å². The van der Waals surface area contributed by atoms with Gasteiger partial charge >= 0.3 is 5.97 Å². The van der Waals surface area contributed by atoms with Crippen LogP contribution in [-0.4, -0.2) is 60.2 Å². The van der Waals surface area contributed by atoms with Gasteiger partial charge in [-0.1, -0.05) is 78.9 Å². The van der Waals surface area contributed by atoms with Crippen LogP contribution in [0.15, 0.2) is 121 Å². The standard InChI is InChI=1S/C28H30F2N2O.C7H6O2/c29-26-12-8-24(9-13-26)28(25-10-14-27(30)15-11-25)33-22-21-32-19-17-31(18-20-32)16-4-7-23-5-2-1-3-6-23;8-7(9)6-4-2-1-3-5-6/h1-6,8-16,28H,7,17-22H2;1-5H,(H,8,9)/b16-4+;. The number of aromatic carboxylic acids is 1. The van der Waals surface area contributed by atoms with Crippen molar-refractivity contribution in [2.45, 2.75) is 12.5 Å². The molecule has 0 radical (unpaired) electrons. The van der Waals surface area contributed by atoms with Gasteiger partial charge in [-0.2, -0.15) is 0 Å². The van der Waals surface area contributed by atoms with Crippen LogP contribution < -0.4 is 0 Å². The molecular formula is C35H36F2N2O3. The zero-order valence-electron chi connectivity index (χ0n) is 23.5. The topological polar surface area (TPSA) is 53.0 Å². The Hall–Kier alpha value is -4.33. The summed E-state index contributed by atoms with van der Waals surface area (Å²) in [5.74, 6) is -1.45. The zero-order valence-corrected chi connectivity index (χ0v) is 23.5. The molecule has 0 unspecified atom stereocenters. The summed E-state index contributed by atoms with van der Waals surface area (Å²) in [5, 5.41) is 8.38. The van der Waals surface area contributed by atoms with Crippen LogP contribution in [0.5, 0.6) is 0 Å². The quantitative estimate of drug-likeness (QED) is 0.227. The van der Waals surface area contributed by atoms with E-state index < -0.39 is 5.97 Å². The molecule has 7 heteroatoms. The fourth-order valence-corrected chi connectivity index (χ4v) is 4.63. The van der Waals surface area contributed by atoms with Crippen molar-refractivity contribution < 1.29 is 23.4 Å². The SMILES string of the molecule is Fc1ccc(C(OCCN2CCN(/C=C/Cc3ccccc3)CC2)c2ccc(F)cc2)cc1.O=C(O)c1ccccc1. The molecule has 0 aliphatic carbocycles. The summed E-state index contributed by atoms with van der Waals surface area (Å²) in [6.45, 7) is 5.31. The molecule has 1 heterocycles. The van der Waals surface area contributed by atoms with E-state index in [0.29, 0.717) is 12.2 Å². The van der Waals surface area contributed by atoms with E-state index in [4.69, 9.17) is 9.84 Å². The first kappa shape index (κ1) is 30.6. The van der Waals surface area contributed by atoms with Crippen molar-refractivity contribution in [2.24, 2.45) is 0 Å². The molecule has 1 aliphatic heterocycles. The Bertz CT molecular complexity index is 1330. The molecule has 4 aromatic rings. The van der Waals surface area contributed by atoms with Crippen LogP contribution in [0.25, 0.3) is 0 Å². The van der Waals surface area contributed by atoms with Crippen LogP contribution in [0, 0.1) is 11.6 Å². The van der Waals surface area contributed by atoms with Gasteiger partial charge in [-0.05, 0) is 65.7 Å². The van der Waals surface area contributed by atoms with Gasteiger partial charge in [-0.25, -0.2) is 13.6 Å². The highest BCUT2D eigenvalue weighted by atomic mass is 19.1. The molecule has 1 N–H and O–H groups in total. The Morgan fingerprint density at radius 3 is 1.79 bits per heavy atom. The fourth-order valence-electron chi connectivity index (χ4n) is 4.63. The highest BCUT2D eigenvalue weighted by Crippen LogP contribution is 2.26. The third kappa shape index (κ3) is 9.94. The second-order valence-corrected chi connectivity index (χ2v) is 9.98. The number of hydrogen-bond acceptors (Lipinski definition) is 4. The van der Waals surface area contributed by atoms with Gasteiger partial charge in [-0.3, -0.25) is 4.90 Å². The number of allylic oxidation sites excluding steroid dienone is 1. The van der Waals surface area contributed by atoms with Crippen LogP contribution >= 0.6 is 0 Å². The molecule has 42 heavy (non-hydrogen) atoms. The van der Waals surface area contributed by atoms with E-state index in [-0.39, 0.29) is 17.7 Å². The lowest BCUT2D eigenvalue weighted by Gasteiger charge is -2.34. The zero-order chi connectivity index (χ0) is 29.6. The molecule has 0 bridgehead atoms. The minimum Gasteiger partial charge on any atom is -0.478 e. The Balaban J connectivity index is 0.000000385. The summed E-state index contributed by atoms with van der Waals surface area (Å²) in [6.07, 6.45) is 5.03.